The third-order valence-corrected chi connectivity index (χ3v) is 2.79. The van der Waals surface area contributed by atoms with Crippen molar-refractivity contribution < 1.29 is 13.9 Å². The lowest BCUT2D eigenvalue weighted by Gasteiger charge is -2.05. The van der Waals surface area contributed by atoms with Gasteiger partial charge in [-0.05, 0) is 17.5 Å². The molecule has 0 aliphatic heterocycles. The maximum atomic E-state index is 11.9. The minimum absolute atomic E-state index is 0.285. The van der Waals surface area contributed by atoms with Gasteiger partial charge in [-0.3, -0.25) is 0 Å². The Hall–Kier alpha value is -1.76. The largest absolute Gasteiger partial charge is 0.461 e. The van der Waals surface area contributed by atoms with Gasteiger partial charge in [0.25, 0.3) is 0 Å². The quantitative estimate of drug-likeness (QED) is 0.791. The van der Waals surface area contributed by atoms with Crippen LogP contribution in [0.15, 0.2) is 10.7 Å². The number of aryl methyl sites for hydroxylation is 1. The predicted octanol–water partition coefficient (Wildman–Crippen LogP) is 2.31. The predicted molar refractivity (Wildman–Crippen MR) is 65.3 cm³/mol. The first-order valence-electron chi connectivity index (χ1n) is 5.50. The first-order valence-corrected chi connectivity index (χ1v) is 6.27. The molecule has 0 saturated carbocycles. The zero-order valence-corrected chi connectivity index (χ0v) is 11.2. The highest BCUT2D eigenvalue weighted by Gasteiger charge is 2.21. The average Bonchev–Trinajstić information content (AvgIpc) is 2.93. The summed E-state index contributed by atoms with van der Waals surface area (Å²) in [6.45, 7) is 6.04. The summed E-state index contributed by atoms with van der Waals surface area (Å²) in [5.41, 5.74) is 0.906. The second-order valence-electron chi connectivity index (χ2n) is 4.19. The first-order chi connectivity index (χ1) is 8.58. The fourth-order valence-corrected chi connectivity index (χ4v) is 1.84. The molecule has 0 aliphatic rings. The molecule has 0 fully saturated rings. The molecule has 7 heteroatoms. The molecule has 0 atom stereocenters. The molecular formula is C11H13N3O3S. The fourth-order valence-electron chi connectivity index (χ4n) is 1.27. The first kappa shape index (κ1) is 12.7. The van der Waals surface area contributed by atoms with Crippen molar-refractivity contribution in [3.8, 4) is 11.4 Å². The molecule has 0 aliphatic carbocycles. The van der Waals surface area contributed by atoms with Gasteiger partial charge in [0, 0.05) is 6.92 Å². The molecule has 0 bridgehead atoms. The molecule has 96 valence electrons. The smallest absolute Gasteiger partial charge is 0.352 e. The van der Waals surface area contributed by atoms with Gasteiger partial charge in [0.2, 0.25) is 0 Å². The van der Waals surface area contributed by atoms with Gasteiger partial charge < -0.3 is 9.15 Å². The van der Waals surface area contributed by atoms with Crippen LogP contribution in [0.5, 0.6) is 0 Å². The summed E-state index contributed by atoms with van der Waals surface area (Å²) < 4.78 is 14.0. The van der Waals surface area contributed by atoms with E-state index in [9.17, 15) is 4.79 Å². The highest BCUT2D eigenvalue weighted by molar-refractivity contribution is 7.08. The number of rotatable bonds is 4. The van der Waals surface area contributed by atoms with E-state index in [1.807, 2.05) is 13.8 Å². The molecule has 2 aromatic rings. The summed E-state index contributed by atoms with van der Waals surface area (Å²) in [5.74, 6) is 0.376. The number of nitrogens with zero attached hydrogens (tertiary/aromatic N) is 3. The van der Waals surface area contributed by atoms with E-state index in [1.54, 1.807) is 6.92 Å². The van der Waals surface area contributed by atoms with E-state index in [2.05, 4.69) is 14.6 Å². The zero-order valence-electron chi connectivity index (χ0n) is 10.3. The van der Waals surface area contributed by atoms with Crippen LogP contribution >= 0.6 is 11.5 Å². The van der Waals surface area contributed by atoms with Crippen molar-refractivity contribution in [2.75, 3.05) is 6.61 Å². The number of ether oxygens (including phenoxy) is 1. The molecule has 0 unspecified atom stereocenters. The fraction of sp³-hybridized carbons (Fsp3) is 0.455. The van der Waals surface area contributed by atoms with Gasteiger partial charge in [-0.25, -0.2) is 9.78 Å². The van der Waals surface area contributed by atoms with Gasteiger partial charge in [-0.15, -0.1) is 5.10 Å². The van der Waals surface area contributed by atoms with E-state index in [0.717, 1.165) is 11.5 Å². The summed E-state index contributed by atoms with van der Waals surface area (Å²) in [5, 5.41) is 3.89. The lowest BCUT2D eigenvalue weighted by atomic mass is 10.2. The van der Waals surface area contributed by atoms with Crippen LogP contribution in [0.25, 0.3) is 11.4 Å². The minimum atomic E-state index is -0.422. The number of esters is 1. The molecule has 0 aromatic carbocycles. The highest BCUT2D eigenvalue weighted by atomic mass is 32.1. The molecule has 0 radical (unpaired) electrons. The molecule has 18 heavy (non-hydrogen) atoms. The standard InChI is InChI=1S/C11H13N3O3S/c1-6(2)4-17-11(15)10-9(13-14-18-10)8-5-16-7(3)12-8/h5-6H,4H2,1-3H3. The normalized spacial score (nSPS) is 10.9. The molecular weight excluding hydrogens is 254 g/mol. The lowest BCUT2D eigenvalue weighted by Crippen LogP contribution is -2.09. The summed E-state index contributed by atoms with van der Waals surface area (Å²) in [7, 11) is 0. The van der Waals surface area contributed by atoms with Crippen LogP contribution in [0.2, 0.25) is 0 Å². The Morgan fingerprint density at radius 3 is 2.94 bits per heavy atom. The summed E-state index contributed by atoms with van der Waals surface area (Å²) in [4.78, 5) is 16.3. The Balaban J connectivity index is 2.20. The third kappa shape index (κ3) is 2.73. The minimum Gasteiger partial charge on any atom is -0.461 e. The van der Waals surface area contributed by atoms with Crippen LogP contribution in [-0.2, 0) is 4.74 Å². The van der Waals surface area contributed by atoms with Crippen LogP contribution < -0.4 is 0 Å². The van der Waals surface area contributed by atoms with Gasteiger partial charge >= 0.3 is 5.97 Å². The van der Waals surface area contributed by atoms with Crippen molar-refractivity contribution in [1.82, 2.24) is 14.6 Å². The molecule has 0 saturated heterocycles. The second-order valence-corrected chi connectivity index (χ2v) is 4.95. The van der Waals surface area contributed by atoms with E-state index < -0.39 is 5.97 Å². The highest BCUT2D eigenvalue weighted by Crippen LogP contribution is 2.24. The van der Waals surface area contributed by atoms with Crippen molar-refractivity contribution in [1.29, 1.82) is 0 Å². The number of carbonyl (C=O) groups excluding carboxylic acids is 1. The maximum absolute atomic E-state index is 11.9. The topological polar surface area (TPSA) is 78.1 Å². The van der Waals surface area contributed by atoms with E-state index in [-0.39, 0.29) is 5.92 Å². The van der Waals surface area contributed by atoms with Crippen molar-refractivity contribution in [3.05, 3.63) is 17.0 Å². The number of hydrogen-bond acceptors (Lipinski definition) is 7. The molecule has 2 aromatic heterocycles. The average molecular weight is 267 g/mol. The molecule has 2 rings (SSSR count). The van der Waals surface area contributed by atoms with Crippen molar-refractivity contribution in [3.63, 3.8) is 0 Å². The maximum Gasteiger partial charge on any atom is 0.352 e. The van der Waals surface area contributed by atoms with Crippen LogP contribution in [0.1, 0.15) is 29.4 Å². The molecule has 2 heterocycles. The van der Waals surface area contributed by atoms with E-state index in [4.69, 9.17) is 9.15 Å². The van der Waals surface area contributed by atoms with Crippen molar-refractivity contribution in [2.24, 2.45) is 5.92 Å². The van der Waals surface area contributed by atoms with Crippen LogP contribution in [0.3, 0.4) is 0 Å². The van der Waals surface area contributed by atoms with Gasteiger partial charge in [-0.1, -0.05) is 18.3 Å². The van der Waals surface area contributed by atoms with Gasteiger partial charge in [0.15, 0.2) is 10.8 Å². The zero-order chi connectivity index (χ0) is 13.1. The number of aromatic nitrogens is 3. The summed E-state index contributed by atoms with van der Waals surface area (Å²) in [6, 6.07) is 0. The molecule has 0 N–H and O–H groups in total. The number of oxazole rings is 1. The Kier molecular flexibility index (Phi) is 3.71. The Bertz CT molecular complexity index is 547. The van der Waals surface area contributed by atoms with E-state index in [1.165, 1.54) is 6.26 Å². The SMILES string of the molecule is Cc1nc(-c2nnsc2C(=O)OCC(C)C)co1. The Labute approximate surface area is 108 Å². The monoisotopic (exact) mass is 267 g/mol. The number of carbonyl (C=O) groups is 1. The van der Waals surface area contributed by atoms with Crippen molar-refractivity contribution in [2.45, 2.75) is 20.8 Å². The molecule has 6 nitrogen and oxygen atoms in total. The Morgan fingerprint density at radius 1 is 1.56 bits per heavy atom. The van der Waals surface area contributed by atoms with Crippen molar-refractivity contribution >= 4 is 17.5 Å². The summed E-state index contributed by atoms with van der Waals surface area (Å²) >= 11 is 0.996. The van der Waals surface area contributed by atoms with E-state index in [0.29, 0.717) is 28.8 Å². The third-order valence-electron chi connectivity index (χ3n) is 2.08. The van der Waals surface area contributed by atoms with Crippen LogP contribution in [0, 0.1) is 12.8 Å². The second kappa shape index (κ2) is 5.26. The lowest BCUT2D eigenvalue weighted by molar-refractivity contribution is 0.0465. The van der Waals surface area contributed by atoms with Gasteiger partial charge in [0.1, 0.15) is 17.7 Å². The van der Waals surface area contributed by atoms with Gasteiger partial charge in [-0.2, -0.15) is 0 Å². The summed E-state index contributed by atoms with van der Waals surface area (Å²) in [6.07, 6.45) is 1.45. The molecule has 0 amide bonds. The Morgan fingerprint density at radius 2 is 2.33 bits per heavy atom. The van der Waals surface area contributed by atoms with Crippen LogP contribution in [0.4, 0.5) is 0 Å². The van der Waals surface area contributed by atoms with Crippen LogP contribution in [-0.4, -0.2) is 27.1 Å². The number of hydrogen-bond donors (Lipinski definition) is 0. The van der Waals surface area contributed by atoms with Gasteiger partial charge in [0.05, 0.1) is 6.61 Å². The van der Waals surface area contributed by atoms with E-state index >= 15 is 0 Å². The molecule has 0 spiro atoms.